The van der Waals surface area contributed by atoms with Gasteiger partial charge >= 0.3 is 0 Å². The number of hydrogen-bond acceptors (Lipinski definition) is 2. The summed E-state index contributed by atoms with van der Waals surface area (Å²) < 4.78 is 6.21. The van der Waals surface area contributed by atoms with Crippen molar-refractivity contribution in [1.82, 2.24) is 5.32 Å². The molecule has 4 atom stereocenters. The first-order chi connectivity index (χ1) is 9.81. The minimum absolute atomic E-state index is 0.476. The zero-order chi connectivity index (χ0) is 14.4. The van der Waals surface area contributed by atoms with Gasteiger partial charge < -0.3 is 10.1 Å². The van der Waals surface area contributed by atoms with Crippen molar-refractivity contribution in [2.75, 3.05) is 13.2 Å². The van der Waals surface area contributed by atoms with Gasteiger partial charge in [0, 0.05) is 12.6 Å². The van der Waals surface area contributed by atoms with Gasteiger partial charge in [0.1, 0.15) is 0 Å². The molecule has 118 valence electrons. The fourth-order valence-corrected chi connectivity index (χ4v) is 4.19. The molecule has 2 saturated carbocycles. The molecule has 20 heavy (non-hydrogen) atoms. The van der Waals surface area contributed by atoms with Gasteiger partial charge in [-0.25, -0.2) is 0 Å². The maximum Gasteiger partial charge on any atom is 0.0758 e. The van der Waals surface area contributed by atoms with Crippen LogP contribution in [0.1, 0.15) is 72.1 Å². The fourth-order valence-electron chi connectivity index (χ4n) is 4.19. The van der Waals surface area contributed by atoms with E-state index in [-0.39, 0.29) is 0 Å². The minimum Gasteiger partial charge on any atom is -0.377 e. The van der Waals surface area contributed by atoms with E-state index in [0.29, 0.717) is 12.1 Å². The van der Waals surface area contributed by atoms with Crippen LogP contribution < -0.4 is 5.32 Å². The molecule has 2 nitrogen and oxygen atoms in total. The maximum atomic E-state index is 6.21. The smallest absolute Gasteiger partial charge is 0.0758 e. The average Bonchev–Trinajstić information content (AvgIpc) is 3.31. The van der Waals surface area contributed by atoms with Crippen molar-refractivity contribution in [2.24, 2.45) is 17.8 Å². The highest BCUT2D eigenvalue weighted by Gasteiger charge is 2.42. The van der Waals surface area contributed by atoms with E-state index in [2.05, 4.69) is 26.1 Å². The van der Waals surface area contributed by atoms with Crippen LogP contribution in [0.15, 0.2) is 0 Å². The Morgan fingerprint density at radius 2 is 1.80 bits per heavy atom. The molecule has 0 spiro atoms. The second kappa shape index (κ2) is 8.38. The van der Waals surface area contributed by atoms with Crippen molar-refractivity contribution >= 4 is 0 Å². The van der Waals surface area contributed by atoms with E-state index in [1.807, 2.05) is 0 Å². The molecule has 0 bridgehead atoms. The lowest BCUT2D eigenvalue weighted by atomic mass is 9.72. The fraction of sp³-hybridized carbons (Fsp3) is 1.00. The van der Waals surface area contributed by atoms with Crippen LogP contribution in [0.25, 0.3) is 0 Å². The summed E-state index contributed by atoms with van der Waals surface area (Å²) in [5.41, 5.74) is 0. The summed E-state index contributed by atoms with van der Waals surface area (Å²) in [6.45, 7) is 8.83. The van der Waals surface area contributed by atoms with Gasteiger partial charge in [-0.15, -0.1) is 0 Å². The van der Waals surface area contributed by atoms with E-state index in [0.717, 1.165) is 30.9 Å². The van der Waals surface area contributed by atoms with Crippen molar-refractivity contribution in [3.05, 3.63) is 0 Å². The molecule has 2 rings (SSSR count). The van der Waals surface area contributed by atoms with Crippen LogP contribution in [0.4, 0.5) is 0 Å². The summed E-state index contributed by atoms with van der Waals surface area (Å²) in [6, 6.07) is 0.604. The van der Waals surface area contributed by atoms with Crippen LogP contribution in [-0.2, 0) is 4.74 Å². The van der Waals surface area contributed by atoms with Gasteiger partial charge in [-0.2, -0.15) is 0 Å². The molecule has 1 N–H and O–H groups in total. The maximum absolute atomic E-state index is 6.21. The Morgan fingerprint density at radius 1 is 1.05 bits per heavy atom. The van der Waals surface area contributed by atoms with E-state index in [1.54, 1.807) is 0 Å². The molecule has 0 aromatic carbocycles. The molecule has 0 saturated heterocycles. The average molecular weight is 281 g/mol. The van der Waals surface area contributed by atoms with Gasteiger partial charge in [0.05, 0.1) is 6.10 Å². The van der Waals surface area contributed by atoms with Crippen LogP contribution in [0.2, 0.25) is 0 Å². The molecule has 0 heterocycles. The highest BCUT2D eigenvalue weighted by molar-refractivity contribution is 4.96. The van der Waals surface area contributed by atoms with Crippen LogP contribution in [0, 0.1) is 17.8 Å². The van der Waals surface area contributed by atoms with E-state index in [4.69, 9.17) is 4.74 Å². The zero-order valence-corrected chi connectivity index (χ0v) is 13.9. The van der Waals surface area contributed by atoms with E-state index in [9.17, 15) is 0 Å². The van der Waals surface area contributed by atoms with Gasteiger partial charge in [0.2, 0.25) is 0 Å². The summed E-state index contributed by atoms with van der Waals surface area (Å²) in [5, 5.41) is 3.88. The lowest BCUT2D eigenvalue weighted by molar-refractivity contribution is -0.0136. The standard InChI is InChI=1S/C18H35NO/c1-4-13-19-17(18(20-6-3)15-11-12-15)16-10-8-7-9-14(16)5-2/h14-19H,4-13H2,1-3H3. The molecule has 0 aliphatic heterocycles. The highest BCUT2D eigenvalue weighted by atomic mass is 16.5. The van der Waals surface area contributed by atoms with Crippen LogP contribution >= 0.6 is 0 Å². The van der Waals surface area contributed by atoms with Gasteiger partial charge in [-0.05, 0) is 56.9 Å². The quantitative estimate of drug-likeness (QED) is 0.677. The van der Waals surface area contributed by atoms with Crippen molar-refractivity contribution in [1.29, 1.82) is 0 Å². The Bertz CT molecular complexity index is 264. The summed E-state index contributed by atoms with van der Waals surface area (Å²) in [7, 11) is 0. The van der Waals surface area contributed by atoms with Crippen molar-refractivity contribution < 1.29 is 4.74 Å². The van der Waals surface area contributed by atoms with Crippen LogP contribution in [0.5, 0.6) is 0 Å². The first-order valence-corrected chi connectivity index (χ1v) is 9.16. The third-order valence-corrected chi connectivity index (χ3v) is 5.38. The summed E-state index contributed by atoms with van der Waals surface area (Å²) in [6.07, 6.45) is 11.5. The van der Waals surface area contributed by atoms with Crippen LogP contribution in [-0.4, -0.2) is 25.3 Å². The lowest BCUT2D eigenvalue weighted by Gasteiger charge is -2.41. The molecule has 0 amide bonds. The Balaban J connectivity index is 2.06. The van der Waals surface area contributed by atoms with Gasteiger partial charge in [-0.3, -0.25) is 0 Å². The molecule has 2 aliphatic carbocycles. The number of ether oxygens (including phenoxy) is 1. The number of nitrogens with one attached hydrogen (secondary N) is 1. The lowest BCUT2D eigenvalue weighted by Crippen LogP contribution is -2.51. The molecule has 2 aliphatic rings. The van der Waals surface area contributed by atoms with Crippen LogP contribution in [0.3, 0.4) is 0 Å². The van der Waals surface area contributed by atoms with Crippen molar-refractivity contribution in [3.8, 4) is 0 Å². The Morgan fingerprint density at radius 3 is 2.40 bits per heavy atom. The summed E-state index contributed by atoms with van der Waals surface area (Å²) in [4.78, 5) is 0. The van der Waals surface area contributed by atoms with E-state index >= 15 is 0 Å². The third-order valence-electron chi connectivity index (χ3n) is 5.38. The Kier molecular flexibility index (Phi) is 6.83. The van der Waals surface area contributed by atoms with E-state index in [1.165, 1.54) is 51.4 Å². The number of hydrogen-bond donors (Lipinski definition) is 1. The zero-order valence-electron chi connectivity index (χ0n) is 13.9. The van der Waals surface area contributed by atoms with Crippen molar-refractivity contribution in [2.45, 2.75) is 84.3 Å². The SMILES string of the molecule is CCCNC(C1CCCCC1CC)C(OCC)C1CC1. The molecule has 0 aromatic rings. The van der Waals surface area contributed by atoms with Crippen molar-refractivity contribution in [3.63, 3.8) is 0 Å². The predicted octanol–water partition coefficient (Wildman–Crippen LogP) is 4.39. The van der Waals surface area contributed by atoms with Gasteiger partial charge in [-0.1, -0.05) is 39.5 Å². The molecule has 4 unspecified atom stereocenters. The first kappa shape index (κ1) is 16.3. The second-order valence-electron chi connectivity index (χ2n) is 6.85. The monoisotopic (exact) mass is 281 g/mol. The molecule has 2 fully saturated rings. The molecule has 0 aromatic heterocycles. The van der Waals surface area contributed by atoms with E-state index < -0.39 is 0 Å². The summed E-state index contributed by atoms with van der Waals surface area (Å²) in [5.74, 6) is 2.60. The molecular weight excluding hydrogens is 246 g/mol. The Hall–Kier alpha value is -0.0800. The van der Waals surface area contributed by atoms with Gasteiger partial charge in [0.25, 0.3) is 0 Å². The minimum atomic E-state index is 0.476. The normalized spacial score (nSPS) is 30.1. The molecular formula is C18H35NO. The molecule has 0 radical (unpaired) electrons. The molecule has 2 heteroatoms. The van der Waals surface area contributed by atoms with Gasteiger partial charge in [0.15, 0.2) is 0 Å². The topological polar surface area (TPSA) is 21.3 Å². The summed E-state index contributed by atoms with van der Waals surface area (Å²) >= 11 is 0. The second-order valence-corrected chi connectivity index (χ2v) is 6.85. The largest absolute Gasteiger partial charge is 0.377 e. The third kappa shape index (κ3) is 4.21. The highest BCUT2D eigenvalue weighted by Crippen LogP contribution is 2.42. The predicted molar refractivity (Wildman–Crippen MR) is 86.0 cm³/mol. The first-order valence-electron chi connectivity index (χ1n) is 9.16. The number of rotatable bonds is 9. The Labute approximate surface area is 126 Å².